The van der Waals surface area contributed by atoms with Gasteiger partial charge in [-0.1, -0.05) is 12.1 Å². The Hall–Kier alpha value is -3.30. The summed E-state index contributed by atoms with van der Waals surface area (Å²) in [4.78, 5) is 19.0. The molecular formula is C29H32ClF3N6O4S. The monoisotopic (exact) mass is 652 g/mol. The molecule has 4 aromatic rings. The third-order valence-corrected chi connectivity index (χ3v) is 8.96. The van der Waals surface area contributed by atoms with Crippen molar-refractivity contribution in [2.24, 2.45) is 5.92 Å². The van der Waals surface area contributed by atoms with Gasteiger partial charge in [-0.15, -0.1) is 36.9 Å². The van der Waals surface area contributed by atoms with Gasteiger partial charge in [0, 0.05) is 24.6 Å². The summed E-state index contributed by atoms with van der Waals surface area (Å²) in [6.07, 6.45) is -2.72. The maximum absolute atomic E-state index is 12.6. The number of aliphatic hydroxyl groups excluding tert-OH is 3. The van der Waals surface area contributed by atoms with E-state index in [0.29, 0.717) is 40.0 Å². The number of hydrogen-bond acceptors (Lipinski definition) is 11. The lowest BCUT2D eigenvalue weighted by Crippen LogP contribution is -2.35. The lowest BCUT2D eigenvalue weighted by molar-refractivity contribution is -0.274. The maximum Gasteiger partial charge on any atom is 0.573 e. The highest BCUT2D eigenvalue weighted by Gasteiger charge is 2.42. The van der Waals surface area contributed by atoms with E-state index < -0.39 is 30.5 Å². The Bertz CT molecular complexity index is 1620. The number of nitrogens with one attached hydrogen (secondary N) is 2. The topological polar surface area (TPSA) is 146 Å². The van der Waals surface area contributed by atoms with Gasteiger partial charge in [-0.05, 0) is 56.9 Å². The van der Waals surface area contributed by atoms with E-state index in [1.807, 2.05) is 19.9 Å². The molecule has 2 saturated carbocycles. The van der Waals surface area contributed by atoms with Crippen LogP contribution in [0.25, 0.3) is 20.8 Å². The fourth-order valence-electron chi connectivity index (χ4n) is 5.49. The van der Waals surface area contributed by atoms with Crippen molar-refractivity contribution in [2.45, 2.75) is 69.7 Å². The van der Waals surface area contributed by atoms with Crippen LogP contribution in [-0.4, -0.2) is 66.5 Å². The molecule has 2 aliphatic rings. The van der Waals surface area contributed by atoms with Crippen molar-refractivity contribution in [2.75, 3.05) is 17.2 Å². The Morgan fingerprint density at radius 1 is 1.07 bits per heavy atom. The van der Waals surface area contributed by atoms with Gasteiger partial charge in [-0.2, -0.15) is 4.98 Å². The molecule has 1 aromatic carbocycles. The Kier molecular flexibility index (Phi) is 9.19. The Morgan fingerprint density at radius 3 is 2.43 bits per heavy atom. The summed E-state index contributed by atoms with van der Waals surface area (Å²) < 4.78 is 42.6. The molecule has 3 heterocycles. The number of anilines is 2. The van der Waals surface area contributed by atoms with Crippen LogP contribution in [0.3, 0.4) is 0 Å². The first-order chi connectivity index (χ1) is 20.5. The average molecular weight is 653 g/mol. The average Bonchev–Trinajstić information content (AvgIpc) is 3.65. The highest BCUT2D eigenvalue weighted by molar-refractivity contribution is 7.21. The zero-order chi connectivity index (χ0) is 30.5. The molecule has 0 amide bonds. The molecule has 44 heavy (non-hydrogen) atoms. The van der Waals surface area contributed by atoms with E-state index in [-0.39, 0.29) is 36.8 Å². The minimum absolute atomic E-state index is 0. The number of halogens is 4. The number of rotatable bonds is 9. The number of fused-ring (bicyclic) bond motifs is 1. The van der Waals surface area contributed by atoms with Crippen LogP contribution in [0.4, 0.5) is 24.9 Å². The lowest BCUT2D eigenvalue weighted by atomic mass is 10.1. The van der Waals surface area contributed by atoms with E-state index in [4.69, 9.17) is 9.97 Å². The van der Waals surface area contributed by atoms with E-state index >= 15 is 0 Å². The number of nitrogens with zero attached hydrogens (tertiary/aromatic N) is 4. The molecule has 2 aliphatic carbocycles. The first kappa shape index (κ1) is 32.1. The molecule has 0 radical (unpaired) electrons. The molecule has 0 saturated heterocycles. The van der Waals surface area contributed by atoms with Gasteiger partial charge in [-0.3, -0.25) is 4.98 Å². The minimum Gasteiger partial charge on any atom is -0.406 e. The summed E-state index contributed by atoms with van der Waals surface area (Å²) in [7, 11) is 0. The lowest BCUT2D eigenvalue weighted by Gasteiger charge is -2.22. The zero-order valence-electron chi connectivity index (χ0n) is 23.7. The summed E-state index contributed by atoms with van der Waals surface area (Å²) >= 11 is 1.49. The molecule has 5 N–H and O–H groups in total. The van der Waals surface area contributed by atoms with Crippen LogP contribution in [0.15, 0.2) is 36.5 Å². The molecule has 15 heteroatoms. The summed E-state index contributed by atoms with van der Waals surface area (Å²) in [5.41, 5.74) is 3.75. The Labute approximate surface area is 261 Å². The van der Waals surface area contributed by atoms with Crippen LogP contribution in [0.2, 0.25) is 0 Å². The third kappa shape index (κ3) is 6.69. The normalized spacial score (nSPS) is 22.5. The second-order valence-electron chi connectivity index (χ2n) is 11.1. The van der Waals surface area contributed by atoms with Crippen LogP contribution in [0, 0.1) is 12.8 Å². The highest BCUT2D eigenvalue weighted by Crippen LogP contribution is 2.44. The maximum atomic E-state index is 12.6. The van der Waals surface area contributed by atoms with Gasteiger partial charge in [0.25, 0.3) is 0 Å². The predicted octanol–water partition coefficient (Wildman–Crippen LogP) is 5.34. The van der Waals surface area contributed by atoms with Crippen molar-refractivity contribution in [1.29, 1.82) is 0 Å². The van der Waals surface area contributed by atoms with Crippen molar-refractivity contribution in [1.82, 2.24) is 19.9 Å². The first-order valence-corrected chi connectivity index (χ1v) is 14.8. The first-order valence-electron chi connectivity index (χ1n) is 14.0. The molecule has 10 nitrogen and oxygen atoms in total. The van der Waals surface area contributed by atoms with Crippen LogP contribution in [-0.2, 0) is 0 Å². The van der Waals surface area contributed by atoms with Crippen LogP contribution in [0.1, 0.15) is 55.1 Å². The van der Waals surface area contributed by atoms with Crippen LogP contribution in [0.5, 0.6) is 5.75 Å². The van der Waals surface area contributed by atoms with Crippen molar-refractivity contribution in [3.8, 4) is 16.3 Å². The zero-order valence-corrected chi connectivity index (χ0v) is 25.4. The number of aryl methyl sites for hydroxylation is 1. The Balaban J connectivity index is 0.00000384. The van der Waals surface area contributed by atoms with Crippen LogP contribution >= 0.6 is 23.7 Å². The summed E-state index contributed by atoms with van der Waals surface area (Å²) in [5.74, 6) is 0.239. The number of thiazole rings is 1. The molecule has 236 valence electrons. The highest BCUT2D eigenvalue weighted by atomic mass is 35.5. The number of benzene rings is 1. The van der Waals surface area contributed by atoms with E-state index in [0.717, 1.165) is 28.8 Å². The van der Waals surface area contributed by atoms with Crippen molar-refractivity contribution in [3.05, 3.63) is 53.5 Å². The van der Waals surface area contributed by atoms with Crippen molar-refractivity contribution in [3.63, 3.8) is 0 Å². The molecule has 5 atom stereocenters. The minimum atomic E-state index is -4.78. The predicted molar refractivity (Wildman–Crippen MR) is 162 cm³/mol. The van der Waals surface area contributed by atoms with Gasteiger partial charge in [0.15, 0.2) is 0 Å². The van der Waals surface area contributed by atoms with E-state index in [1.54, 1.807) is 6.20 Å². The summed E-state index contributed by atoms with van der Waals surface area (Å²) in [6.45, 7) is 3.38. The number of pyridine rings is 1. The van der Waals surface area contributed by atoms with Gasteiger partial charge in [0.1, 0.15) is 28.2 Å². The van der Waals surface area contributed by atoms with Crippen molar-refractivity contribution >= 4 is 45.7 Å². The van der Waals surface area contributed by atoms with Gasteiger partial charge >= 0.3 is 6.36 Å². The van der Waals surface area contributed by atoms with Gasteiger partial charge in [0.2, 0.25) is 5.95 Å². The number of ether oxygens (including phenoxy) is 1. The van der Waals surface area contributed by atoms with E-state index in [2.05, 4.69) is 25.3 Å². The standard InChI is InChI=1S/C29H31F3N6O4S.ClH/c1-13(15-5-7-18(8-6-15)42-29(30,31)32)34-28-35-14(2)21(26(38-28)36-19-11-17(12-39)24(40)25(19)41)27-37-23-20(43-27)9-10-33-22(23)16-3-4-16;/h5-10,13,16-17,19,24-25,39-41H,3-4,11-12H2,1-2H3,(H2,34,35,36,38);1H/t13-,17-,19-,24-,25+;/m1./s1. The van der Waals surface area contributed by atoms with Crippen molar-refractivity contribution < 1.29 is 33.2 Å². The molecule has 0 unspecified atom stereocenters. The molecule has 2 fully saturated rings. The smallest absolute Gasteiger partial charge is 0.406 e. The van der Waals surface area contributed by atoms with Gasteiger partial charge < -0.3 is 30.7 Å². The second-order valence-corrected chi connectivity index (χ2v) is 12.1. The number of hydrogen-bond donors (Lipinski definition) is 5. The Morgan fingerprint density at radius 2 is 1.80 bits per heavy atom. The third-order valence-electron chi connectivity index (χ3n) is 7.92. The fourth-order valence-corrected chi connectivity index (χ4v) is 6.56. The summed E-state index contributed by atoms with van der Waals surface area (Å²) in [5, 5.41) is 38.0. The molecule has 6 rings (SSSR count). The second kappa shape index (κ2) is 12.6. The fraction of sp³-hybridized carbons (Fsp3) is 0.448. The molecule has 0 spiro atoms. The van der Waals surface area contributed by atoms with E-state index in [9.17, 15) is 28.5 Å². The van der Waals surface area contributed by atoms with Crippen LogP contribution < -0.4 is 15.4 Å². The number of aromatic nitrogens is 4. The SMILES string of the molecule is Cc1nc(N[C@H](C)c2ccc(OC(F)(F)F)cc2)nc(N[C@@H]2C[C@H](CO)[C@@H](O)[C@H]2O)c1-c1nc2c(C3CC3)nccc2s1.Cl. The van der Waals surface area contributed by atoms with E-state index in [1.165, 1.54) is 35.6 Å². The molecule has 0 aliphatic heterocycles. The largest absolute Gasteiger partial charge is 0.573 e. The quantitative estimate of drug-likeness (QED) is 0.161. The van der Waals surface area contributed by atoms with Gasteiger partial charge in [-0.25, -0.2) is 9.97 Å². The molecular weight excluding hydrogens is 621 g/mol. The van der Waals surface area contributed by atoms with Gasteiger partial charge in [0.05, 0.1) is 39.8 Å². The molecule has 0 bridgehead atoms. The summed E-state index contributed by atoms with van der Waals surface area (Å²) in [6, 6.07) is 6.48. The number of aliphatic hydroxyl groups is 3. The number of alkyl halides is 3. The molecule has 3 aromatic heterocycles.